The fourth-order valence-electron chi connectivity index (χ4n) is 14.4. The molecule has 20 aromatic rings. The zero-order valence-electron chi connectivity index (χ0n) is 58.6. The number of benzene rings is 16. The maximum atomic E-state index is 8.67. The van der Waals surface area contributed by atoms with Crippen LogP contribution in [-0.2, 0) is 0 Å². The molecule has 0 atom stereocenters. The van der Waals surface area contributed by atoms with Crippen molar-refractivity contribution in [3.63, 3.8) is 0 Å². The molecule has 12 nitrogen and oxygen atoms in total. The van der Waals surface area contributed by atoms with Gasteiger partial charge >= 0.3 is 7.12 Å². The van der Waals surface area contributed by atoms with E-state index in [1.165, 1.54) is 12.1 Å². The number of hydrogen-bond donors (Lipinski definition) is 2. The van der Waals surface area contributed by atoms with E-state index in [1.54, 1.807) is 12.1 Å². The van der Waals surface area contributed by atoms with Crippen molar-refractivity contribution in [2.24, 2.45) is 0 Å². The first-order valence-corrected chi connectivity index (χ1v) is 36.1. The van der Waals surface area contributed by atoms with Crippen molar-refractivity contribution in [3.05, 3.63) is 368 Å². The minimum absolute atomic E-state index is 0. The molecule has 0 aliphatic carbocycles. The van der Waals surface area contributed by atoms with Crippen molar-refractivity contribution in [2.75, 3.05) is 0 Å². The number of aromatic nitrogens is 6. The molecule has 20 rings (SSSR count). The van der Waals surface area contributed by atoms with Crippen molar-refractivity contribution < 1.29 is 18.9 Å². The van der Waals surface area contributed by atoms with E-state index in [4.69, 9.17) is 73.5 Å². The lowest BCUT2D eigenvalue weighted by atomic mass is 9.80. The molecule has 0 spiro atoms. The van der Waals surface area contributed by atoms with Crippen LogP contribution in [-0.4, -0.2) is 55.5 Å². The molecule has 0 saturated heterocycles. The zero-order valence-corrected chi connectivity index (χ0v) is 59.3. The van der Waals surface area contributed by atoms with E-state index in [2.05, 4.69) is 137 Å². The highest BCUT2D eigenvalue weighted by molar-refractivity contribution is 6.58. The van der Waals surface area contributed by atoms with Crippen LogP contribution >= 0.6 is 11.6 Å². The van der Waals surface area contributed by atoms with Crippen LogP contribution in [0.4, 0.5) is 11.4 Å². The first-order chi connectivity index (χ1) is 54.1. The summed E-state index contributed by atoms with van der Waals surface area (Å²) in [5.74, 6) is 3.78. The minimum Gasteiger partial charge on any atom is -0.455 e. The van der Waals surface area contributed by atoms with E-state index >= 15 is 0 Å². The Hall–Kier alpha value is -14.5. The summed E-state index contributed by atoms with van der Waals surface area (Å²) in [5, 5.41) is 31.3. The van der Waals surface area contributed by atoms with E-state index in [0.717, 1.165) is 154 Å². The van der Waals surface area contributed by atoms with E-state index in [-0.39, 0.29) is 23.3 Å². The van der Waals surface area contributed by atoms with Gasteiger partial charge in [-0.15, -0.1) is 0 Å². The Kier molecular flexibility index (Phi) is 20.9. The normalized spacial score (nSPS) is 10.9. The van der Waals surface area contributed by atoms with Gasteiger partial charge in [0.1, 0.15) is 22.3 Å². The standard InChI is InChI=1S/C48H28N4O.C41H24ClN3O.C7H6BNO2.2CH4.BH4/c1-49-37-23-19-30(20-24-37)34-21-25-38-39-26-22-35(29-42(39)45-44(41(38)28-34)40-17-8-9-18-43(40)53-45)33-15-10-16-36(27-33)48-51-46(31-11-4-2-5-12-31)50-47(52-48)32-13-6-3-7-14-32;42-30-19-21-31-32-20-18-28(23-35(32)38-37(34(31)24-30)33-16-7-8-17-36(33)46-38)27-14-9-15-29(22-27)41-44-39(25-10-3-1-4-11-25)43-40(45-41)26-12-5-2-6-13-26;1-9-7-4-2-6(3-5-7)8(10)11;;;/h2-29H;1-24H;2-5,10-11H;3*1H4/q;;;;;-1. The Morgan fingerprint density at radius 2 is 0.558 bits per heavy atom. The quantitative estimate of drug-likeness (QED) is 0.0769. The lowest BCUT2D eigenvalue weighted by Crippen LogP contribution is -2.29. The third kappa shape index (κ3) is 14.5. The lowest BCUT2D eigenvalue weighted by molar-refractivity contribution is 0.426. The fourth-order valence-corrected chi connectivity index (χ4v) is 14.6. The van der Waals surface area contributed by atoms with Gasteiger partial charge in [-0.2, -0.15) is 0 Å². The van der Waals surface area contributed by atoms with Gasteiger partial charge in [0.15, 0.2) is 46.3 Å². The number of nitrogens with zero attached hydrogens (tertiary/aromatic N) is 8. The Morgan fingerprint density at radius 3 is 0.947 bits per heavy atom. The van der Waals surface area contributed by atoms with E-state index in [1.807, 2.05) is 188 Å². The predicted octanol–water partition coefficient (Wildman–Crippen LogP) is 24.1. The molecule has 4 heterocycles. The Bertz CT molecular complexity index is 6920. The van der Waals surface area contributed by atoms with Crippen molar-refractivity contribution in [3.8, 4) is 102 Å². The first-order valence-electron chi connectivity index (χ1n) is 35.7. The summed E-state index contributed by atoms with van der Waals surface area (Å²) in [6.45, 7) is 14.0. The number of para-hydroxylation sites is 2. The summed E-state index contributed by atoms with van der Waals surface area (Å²) in [4.78, 5) is 36.3. The van der Waals surface area contributed by atoms with Crippen LogP contribution in [0.5, 0.6) is 0 Å². The molecule has 4 aromatic heterocycles. The molecule has 2 N–H and O–H groups in total. The summed E-state index contributed by atoms with van der Waals surface area (Å²) in [6, 6.07) is 113. The largest absolute Gasteiger partial charge is 0.488 e. The zero-order chi connectivity index (χ0) is 74.2. The van der Waals surface area contributed by atoms with Gasteiger partial charge in [-0.1, -0.05) is 320 Å². The van der Waals surface area contributed by atoms with Crippen LogP contribution in [0.3, 0.4) is 0 Å². The summed E-state index contributed by atoms with van der Waals surface area (Å²) < 4.78 is 13.2. The molecule has 0 fully saturated rings. The molecule has 15 heteroatoms. The van der Waals surface area contributed by atoms with Gasteiger partial charge in [-0.05, 0) is 126 Å². The first kappa shape index (κ1) is 74.0. The van der Waals surface area contributed by atoms with Crippen molar-refractivity contribution >= 4 is 131 Å². The molecule has 540 valence electrons. The summed E-state index contributed by atoms with van der Waals surface area (Å²) in [7, 11) is -1.45. The van der Waals surface area contributed by atoms with E-state index < -0.39 is 7.12 Å². The second kappa shape index (κ2) is 32.0. The summed E-state index contributed by atoms with van der Waals surface area (Å²) in [5.41, 5.74) is 17.0. The second-order valence-corrected chi connectivity index (χ2v) is 27.0. The van der Waals surface area contributed by atoms with Gasteiger partial charge in [-0.25, -0.2) is 39.6 Å². The smallest absolute Gasteiger partial charge is 0.455 e. The number of rotatable bonds is 10. The Balaban J connectivity index is 0.000000155. The third-order valence-electron chi connectivity index (χ3n) is 19.8. The van der Waals surface area contributed by atoms with Crippen molar-refractivity contribution in [1.82, 2.24) is 29.9 Å². The van der Waals surface area contributed by atoms with Gasteiger partial charge in [0.05, 0.1) is 13.1 Å². The molecule has 0 saturated carbocycles. The average molecular weight is 1480 g/mol. The minimum atomic E-state index is -1.45. The number of hydrogen-bond acceptors (Lipinski definition) is 10. The average Bonchev–Trinajstić information content (AvgIpc) is 1.62. The van der Waals surface area contributed by atoms with Crippen LogP contribution in [0.25, 0.3) is 198 Å². The Labute approximate surface area is 659 Å². The predicted molar refractivity (Wildman–Crippen MR) is 472 cm³/mol. The second-order valence-electron chi connectivity index (χ2n) is 26.5. The third-order valence-corrected chi connectivity index (χ3v) is 20.0. The fraction of sp³-hybridized carbons (Fsp3) is 0.0204. The van der Waals surface area contributed by atoms with Gasteiger partial charge in [0.2, 0.25) is 0 Å². The maximum absolute atomic E-state index is 8.67. The van der Waals surface area contributed by atoms with Crippen LogP contribution in [0.15, 0.2) is 349 Å². The number of furan rings is 2. The van der Waals surface area contributed by atoms with Crippen LogP contribution in [0, 0.1) is 13.1 Å². The molecule has 0 radical (unpaired) electrons. The molecule has 0 amide bonds. The molecule has 0 bridgehead atoms. The van der Waals surface area contributed by atoms with Crippen LogP contribution < -0.4 is 5.46 Å². The summed E-state index contributed by atoms with van der Waals surface area (Å²) in [6.07, 6.45) is 0. The van der Waals surface area contributed by atoms with Gasteiger partial charge in [0.25, 0.3) is 0 Å². The topological polar surface area (TPSA) is 153 Å². The van der Waals surface area contributed by atoms with Crippen LogP contribution in [0.2, 0.25) is 5.02 Å². The van der Waals surface area contributed by atoms with Gasteiger partial charge < -0.3 is 18.9 Å². The SMILES string of the molecule is C.C.Clc1ccc2c3ccc(-c4cccc(-c5nc(-c6ccccc6)nc(-c6ccccc6)n5)c4)cc3c3oc4ccccc4c3c2c1.[BH4-].[C-]#[N+]c1ccc(-c2ccc3c4ccc(-c5cccc(-c6nc(-c7ccccc7)nc(-c7ccccc7)n6)c5)cc4c4oc5ccccc5c4c3c2)cc1.[C-]#[N+]c1ccc(B(O)O)cc1. The molecule has 0 unspecified atom stereocenters. The molecule has 16 aromatic carbocycles. The monoisotopic (exact) mass is 1480 g/mol. The highest BCUT2D eigenvalue weighted by Gasteiger charge is 2.22. The molecular formula is C98H70B2ClN8O4-. The highest BCUT2D eigenvalue weighted by Crippen LogP contribution is 2.46. The van der Waals surface area contributed by atoms with E-state index in [9.17, 15) is 0 Å². The molecule has 0 aliphatic rings. The van der Waals surface area contributed by atoms with Crippen LogP contribution in [0.1, 0.15) is 14.9 Å². The highest BCUT2D eigenvalue weighted by atomic mass is 35.5. The van der Waals surface area contributed by atoms with E-state index in [0.29, 0.717) is 56.8 Å². The molecule has 0 aliphatic heterocycles. The van der Waals surface area contributed by atoms with Crippen molar-refractivity contribution in [2.45, 2.75) is 14.9 Å². The Morgan fingerprint density at radius 1 is 0.265 bits per heavy atom. The number of fused-ring (bicyclic) bond motifs is 16. The van der Waals surface area contributed by atoms with Gasteiger partial charge in [-0.3, -0.25) is 0 Å². The number of halogens is 1. The van der Waals surface area contributed by atoms with Crippen molar-refractivity contribution in [1.29, 1.82) is 0 Å². The lowest BCUT2D eigenvalue weighted by Gasteiger charge is -2.12. The van der Waals surface area contributed by atoms with Gasteiger partial charge in [0, 0.05) is 70.7 Å². The maximum Gasteiger partial charge on any atom is 0.488 e. The molecular weight excluding hydrogens is 1410 g/mol. The summed E-state index contributed by atoms with van der Waals surface area (Å²) >= 11 is 6.50. The molecule has 113 heavy (non-hydrogen) atoms.